The number of anilines is 1. The van der Waals surface area contributed by atoms with E-state index in [1.165, 1.54) is 6.07 Å². The topological polar surface area (TPSA) is 75.6 Å². The first kappa shape index (κ1) is 14.4. The summed E-state index contributed by atoms with van der Waals surface area (Å²) in [5.74, 6) is -0.00987. The maximum atomic E-state index is 13.7. The number of carbonyl (C=O) groups excluding carboxylic acids is 1. The quantitative estimate of drug-likeness (QED) is 0.734. The Kier molecular flexibility index (Phi) is 3.22. The predicted molar refractivity (Wildman–Crippen MR) is 86.9 cm³/mol. The number of rotatable bonds is 3. The zero-order valence-electron chi connectivity index (χ0n) is 12.2. The maximum absolute atomic E-state index is 13.7. The second kappa shape index (κ2) is 5.16. The Morgan fingerprint density at radius 2 is 2.26 bits per heavy atom. The van der Waals surface area contributed by atoms with Crippen LogP contribution in [0.3, 0.4) is 0 Å². The molecule has 4 rings (SSSR count). The number of amides is 1. The van der Waals surface area contributed by atoms with Gasteiger partial charge in [-0.1, -0.05) is 0 Å². The van der Waals surface area contributed by atoms with E-state index in [1.54, 1.807) is 16.9 Å². The lowest BCUT2D eigenvalue weighted by molar-refractivity contribution is 0.102. The molecule has 0 aliphatic heterocycles. The number of hydrogen-bond acceptors (Lipinski definition) is 3. The fourth-order valence-corrected chi connectivity index (χ4v) is 3.31. The van der Waals surface area contributed by atoms with Crippen molar-refractivity contribution in [3.05, 3.63) is 39.9 Å². The highest BCUT2D eigenvalue weighted by Crippen LogP contribution is 2.41. The molecule has 1 amide bonds. The minimum absolute atomic E-state index is 0.271. The smallest absolute Gasteiger partial charge is 0.260 e. The summed E-state index contributed by atoms with van der Waals surface area (Å²) in [6.07, 6.45) is 3.71. The first-order valence-electron chi connectivity index (χ1n) is 7.21. The maximum Gasteiger partial charge on any atom is 0.260 e. The molecule has 1 saturated carbocycles. The summed E-state index contributed by atoms with van der Waals surface area (Å²) >= 11 is 3.21. The van der Waals surface area contributed by atoms with E-state index in [4.69, 9.17) is 0 Å². The number of carbonyl (C=O) groups is 1. The molecule has 8 heteroatoms. The Bertz CT molecular complexity index is 927. The van der Waals surface area contributed by atoms with Gasteiger partial charge in [0.05, 0.1) is 32.8 Å². The lowest BCUT2D eigenvalue weighted by Gasteiger charge is -2.05. The fourth-order valence-electron chi connectivity index (χ4n) is 2.78. The molecule has 1 fully saturated rings. The lowest BCUT2D eigenvalue weighted by Crippen LogP contribution is -2.14. The van der Waals surface area contributed by atoms with Crippen LogP contribution >= 0.6 is 15.9 Å². The summed E-state index contributed by atoms with van der Waals surface area (Å²) in [6, 6.07) is 2.92. The molecule has 0 unspecified atom stereocenters. The number of aromatic nitrogens is 4. The van der Waals surface area contributed by atoms with Gasteiger partial charge in [-0.2, -0.15) is 10.2 Å². The van der Waals surface area contributed by atoms with Crippen molar-refractivity contribution in [3.63, 3.8) is 0 Å². The number of aromatic amines is 1. The molecule has 118 valence electrons. The first-order valence-corrected chi connectivity index (χ1v) is 8.01. The molecule has 2 heterocycles. The Balaban J connectivity index is 1.71. The van der Waals surface area contributed by atoms with Crippen molar-refractivity contribution in [3.8, 4) is 0 Å². The molecule has 0 saturated heterocycles. The van der Waals surface area contributed by atoms with Gasteiger partial charge in [-0.05, 0) is 40.9 Å². The number of hydrogen-bond donors (Lipinski definition) is 2. The molecular weight excluding hydrogens is 365 g/mol. The molecule has 1 aromatic carbocycles. The molecule has 2 N–H and O–H groups in total. The normalized spacial score (nSPS) is 14.4. The van der Waals surface area contributed by atoms with Crippen LogP contribution in [0.1, 0.15) is 34.8 Å². The van der Waals surface area contributed by atoms with Crippen LogP contribution in [0, 0.1) is 5.82 Å². The minimum atomic E-state index is -0.408. The monoisotopic (exact) mass is 377 g/mol. The number of fused-ring (bicyclic) bond motifs is 1. The van der Waals surface area contributed by atoms with Crippen LogP contribution in [0.15, 0.2) is 22.8 Å². The standard InChI is InChI=1S/C15H13BrFN5O/c1-22-13(7-2-3-7)8(6-18-22)15(23)19-14-11-10(20-21-14)5-4-9(17)12(11)16/h4-7H,2-3H2,1H3,(H2,19,20,21,23). The van der Waals surface area contributed by atoms with Crippen molar-refractivity contribution in [1.29, 1.82) is 0 Å². The van der Waals surface area contributed by atoms with Crippen molar-refractivity contribution in [2.24, 2.45) is 7.05 Å². The van der Waals surface area contributed by atoms with Crippen molar-refractivity contribution in [1.82, 2.24) is 20.0 Å². The van der Waals surface area contributed by atoms with Crippen molar-refractivity contribution in [2.45, 2.75) is 18.8 Å². The number of aryl methyl sites for hydroxylation is 1. The van der Waals surface area contributed by atoms with E-state index in [-0.39, 0.29) is 10.4 Å². The van der Waals surface area contributed by atoms with Crippen molar-refractivity contribution < 1.29 is 9.18 Å². The molecule has 0 bridgehead atoms. The Morgan fingerprint density at radius 1 is 1.48 bits per heavy atom. The molecule has 1 aliphatic rings. The van der Waals surface area contributed by atoms with Crippen LogP contribution in [-0.4, -0.2) is 25.9 Å². The molecule has 23 heavy (non-hydrogen) atoms. The molecule has 1 aliphatic carbocycles. The second-order valence-corrected chi connectivity index (χ2v) is 6.44. The highest BCUT2D eigenvalue weighted by atomic mass is 79.9. The minimum Gasteiger partial charge on any atom is -0.304 e. The third-order valence-corrected chi connectivity index (χ3v) is 4.82. The third kappa shape index (κ3) is 2.33. The first-order chi connectivity index (χ1) is 11.1. The Labute approximate surface area is 139 Å². The second-order valence-electron chi connectivity index (χ2n) is 5.65. The van der Waals surface area contributed by atoms with Crippen LogP contribution < -0.4 is 5.32 Å². The summed E-state index contributed by atoms with van der Waals surface area (Å²) in [5.41, 5.74) is 2.12. The summed E-state index contributed by atoms with van der Waals surface area (Å²) < 4.78 is 15.7. The number of nitrogens with one attached hydrogen (secondary N) is 2. The van der Waals surface area contributed by atoms with Crippen LogP contribution in [0.2, 0.25) is 0 Å². The van der Waals surface area contributed by atoms with Gasteiger partial charge < -0.3 is 5.32 Å². The zero-order valence-corrected chi connectivity index (χ0v) is 13.8. The van der Waals surface area contributed by atoms with Crippen LogP contribution in [0.4, 0.5) is 10.2 Å². The number of benzene rings is 1. The van der Waals surface area contributed by atoms with Gasteiger partial charge in [0, 0.05) is 13.0 Å². The molecular formula is C15H13BrFN5O. The van der Waals surface area contributed by atoms with Gasteiger partial charge in [-0.15, -0.1) is 0 Å². The number of nitrogens with zero attached hydrogens (tertiary/aromatic N) is 3. The summed E-state index contributed by atoms with van der Waals surface area (Å²) in [6.45, 7) is 0. The summed E-state index contributed by atoms with van der Waals surface area (Å²) in [7, 11) is 1.83. The van der Waals surface area contributed by atoms with Gasteiger partial charge in [0.2, 0.25) is 0 Å². The third-order valence-electron chi connectivity index (χ3n) is 4.05. The Morgan fingerprint density at radius 3 is 3.00 bits per heavy atom. The fraction of sp³-hybridized carbons (Fsp3) is 0.267. The lowest BCUT2D eigenvalue weighted by atomic mass is 10.1. The largest absolute Gasteiger partial charge is 0.304 e. The van der Waals surface area contributed by atoms with Gasteiger partial charge >= 0.3 is 0 Å². The van der Waals surface area contributed by atoms with Gasteiger partial charge in [0.1, 0.15) is 5.82 Å². The SMILES string of the molecule is Cn1ncc(C(=O)Nc2n[nH]c3ccc(F)c(Br)c23)c1C1CC1. The van der Waals surface area contributed by atoms with Gasteiger partial charge in [-0.25, -0.2) is 4.39 Å². The highest BCUT2D eigenvalue weighted by molar-refractivity contribution is 9.10. The molecule has 0 spiro atoms. The summed E-state index contributed by atoms with van der Waals surface area (Å²) in [5, 5.41) is 14.3. The average molecular weight is 378 g/mol. The van der Waals surface area contributed by atoms with Crippen LogP contribution in [0.25, 0.3) is 10.9 Å². The van der Waals surface area contributed by atoms with E-state index < -0.39 is 5.82 Å². The van der Waals surface area contributed by atoms with Gasteiger partial charge in [0.25, 0.3) is 5.91 Å². The molecule has 0 radical (unpaired) electrons. The van der Waals surface area contributed by atoms with E-state index in [0.717, 1.165) is 18.5 Å². The van der Waals surface area contributed by atoms with E-state index in [0.29, 0.717) is 28.2 Å². The van der Waals surface area contributed by atoms with E-state index in [2.05, 4.69) is 36.5 Å². The number of H-pyrrole nitrogens is 1. The van der Waals surface area contributed by atoms with Crippen LogP contribution in [-0.2, 0) is 7.05 Å². The predicted octanol–water partition coefficient (Wildman–Crippen LogP) is 3.33. The highest BCUT2D eigenvalue weighted by Gasteiger charge is 2.32. The van der Waals surface area contributed by atoms with E-state index in [1.807, 2.05) is 7.05 Å². The molecule has 6 nitrogen and oxygen atoms in total. The molecule has 3 aromatic rings. The molecule has 2 aromatic heterocycles. The van der Waals surface area contributed by atoms with E-state index >= 15 is 0 Å². The van der Waals surface area contributed by atoms with Crippen LogP contribution in [0.5, 0.6) is 0 Å². The average Bonchev–Trinajstić information content (AvgIpc) is 3.17. The zero-order chi connectivity index (χ0) is 16.1. The molecule has 0 atom stereocenters. The van der Waals surface area contributed by atoms with Crippen molar-refractivity contribution in [2.75, 3.05) is 5.32 Å². The summed E-state index contributed by atoms with van der Waals surface area (Å²) in [4.78, 5) is 12.6. The van der Waals surface area contributed by atoms with Gasteiger partial charge in [0.15, 0.2) is 5.82 Å². The van der Waals surface area contributed by atoms with E-state index in [9.17, 15) is 9.18 Å². The van der Waals surface area contributed by atoms with Gasteiger partial charge in [-0.3, -0.25) is 14.6 Å². The number of halogens is 2. The Hall–Kier alpha value is -2.22. The van der Waals surface area contributed by atoms with Crippen molar-refractivity contribution >= 4 is 38.6 Å².